The third kappa shape index (κ3) is 4.90. The fourth-order valence-electron chi connectivity index (χ4n) is 2.93. The van der Waals surface area contributed by atoms with Crippen LogP contribution in [0, 0.1) is 0 Å². The van der Waals surface area contributed by atoms with E-state index in [1.807, 2.05) is 73.7 Å². The van der Waals surface area contributed by atoms with E-state index < -0.39 is 0 Å². The number of benzene rings is 3. The Hall–Kier alpha value is -3.31. The zero-order valence-electron chi connectivity index (χ0n) is 15.9. The number of nitrogen functional groups attached to an aromatic ring is 1. The zero-order valence-corrected chi connectivity index (χ0v) is 15.9. The molecule has 3 N–H and O–H groups in total. The molecule has 0 saturated heterocycles. The number of hydrogen-bond acceptors (Lipinski definition) is 4. The van der Waals surface area contributed by atoms with Gasteiger partial charge in [0.05, 0.1) is 5.56 Å². The van der Waals surface area contributed by atoms with E-state index in [-0.39, 0.29) is 5.91 Å². The highest BCUT2D eigenvalue weighted by Gasteiger charge is 2.18. The summed E-state index contributed by atoms with van der Waals surface area (Å²) in [5.74, 6) is 6.11. The molecule has 0 aliphatic rings. The number of carbonyl (C=O) groups is 1. The predicted octanol–water partition coefficient (Wildman–Crippen LogP) is 4.01. The van der Waals surface area contributed by atoms with Gasteiger partial charge in [-0.05, 0) is 29.2 Å². The van der Waals surface area contributed by atoms with Crippen molar-refractivity contribution in [1.29, 1.82) is 0 Å². The van der Waals surface area contributed by atoms with Crippen LogP contribution in [0.1, 0.15) is 34.0 Å². The molecule has 0 heterocycles. The monoisotopic (exact) mass is 376 g/mol. The first kappa shape index (κ1) is 19.5. The third-order valence-corrected chi connectivity index (χ3v) is 4.38. The second-order valence-electron chi connectivity index (χ2n) is 6.33. The van der Waals surface area contributed by atoms with E-state index in [1.165, 1.54) is 0 Å². The highest BCUT2D eigenvalue weighted by Crippen LogP contribution is 2.31. The maximum Gasteiger partial charge on any atom is 0.269 e. The van der Waals surface area contributed by atoms with Gasteiger partial charge in [0, 0.05) is 6.07 Å². The predicted molar refractivity (Wildman–Crippen MR) is 109 cm³/mol. The second-order valence-corrected chi connectivity index (χ2v) is 6.33. The van der Waals surface area contributed by atoms with Crippen molar-refractivity contribution in [2.24, 2.45) is 5.84 Å². The first-order valence-electron chi connectivity index (χ1n) is 9.22. The van der Waals surface area contributed by atoms with Gasteiger partial charge in [-0.3, -0.25) is 10.2 Å². The minimum atomic E-state index is -0.380. The van der Waals surface area contributed by atoms with Gasteiger partial charge < -0.3 is 9.47 Å². The fraction of sp³-hybridized carbons (Fsp3) is 0.174. The number of hydrogen-bond donors (Lipinski definition) is 2. The van der Waals surface area contributed by atoms with Crippen LogP contribution in [0.3, 0.4) is 0 Å². The van der Waals surface area contributed by atoms with Gasteiger partial charge in [-0.15, -0.1) is 0 Å². The van der Waals surface area contributed by atoms with Crippen molar-refractivity contribution in [3.8, 4) is 11.5 Å². The highest BCUT2D eigenvalue weighted by molar-refractivity contribution is 5.98. The van der Waals surface area contributed by atoms with E-state index >= 15 is 0 Å². The van der Waals surface area contributed by atoms with Crippen LogP contribution in [0.25, 0.3) is 0 Å². The molecule has 0 spiro atoms. The summed E-state index contributed by atoms with van der Waals surface area (Å²) in [6, 6.07) is 23.3. The van der Waals surface area contributed by atoms with Crippen molar-refractivity contribution in [1.82, 2.24) is 5.43 Å². The summed E-state index contributed by atoms with van der Waals surface area (Å²) < 4.78 is 11.9. The lowest BCUT2D eigenvalue weighted by atomic mass is 10.0. The van der Waals surface area contributed by atoms with E-state index in [2.05, 4.69) is 5.43 Å². The van der Waals surface area contributed by atoms with Crippen molar-refractivity contribution in [3.63, 3.8) is 0 Å². The molecule has 28 heavy (non-hydrogen) atoms. The molecule has 3 aromatic carbocycles. The maximum atomic E-state index is 12.4. The van der Waals surface area contributed by atoms with E-state index in [9.17, 15) is 4.79 Å². The molecule has 0 unspecified atom stereocenters. The first-order chi connectivity index (χ1) is 13.7. The summed E-state index contributed by atoms with van der Waals surface area (Å²) >= 11 is 0. The summed E-state index contributed by atoms with van der Waals surface area (Å²) in [5.41, 5.74) is 5.54. The van der Waals surface area contributed by atoms with Crippen LogP contribution in [0.2, 0.25) is 0 Å². The summed E-state index contributed by atoms with van der Waals surface area (Å²) in [4.78, 5) is 12.4. The summed E-state index contributed by atoms with van der Waals surface area (Å²) in [6.45, 7) is 2.76. The van der Waals surface area contributed by atoms with Crippen molar-refractivity contribution >= 4 is 5.91 Å². The van der Waals surface area contributed by atoms with Crippen LogP contribution < -0.4 is 20.7 Å². The molecule has 0 radical (unpaired) electrons. The van der Waals surface area contributed by atoms with Gasteiger partial charge in [0.2, 0.25) is 0 Å². The van der Waals surface area contributed by atoms with E-state index in [0.717, 1.165) is 16.7 Å². The Kier molecular flexibility index (Phi) is 6.65. The van der Waals surface area contributed by atoms with Gasteiger partial charge in [0.15, 0.2) is 0 Å². The zero-order chi connectivity index (χ0) is 19.8. The van der Waals surface area contributed by atoms with Gasteiger partial charge in [0.25, 0.3) is 5.91 Å². The minimum Gasteiger partial charge on any atom is -0.489 e. The Morgan fingerprint density at radius 1 is 0.893 bits per heavy atom. The average molecular weight is 376 g/mol. The Morgan fingerprint density at radius 3 is 2.00 bits per heavy atom. The number of aryl methyl sites for hydroxylation is 1. The number of rotatable bonds is 8. The third-order valence-electron chi connectivity index (χ3n) is 4.38. The molecule has 5 heteroatoms. The molecule has 0 aliphatic carbocycles. The molecule has 0 aliphatic heterocycles. The first-order valence-corrected chi connectivity index (χ1v) is 9.22. The molecule has 1 amide bonds. The lowest BCUT2D eigenvalue weighted by molar-refractivity contribution is 0.0948. The van der Waals surface area contributed by atoms with Gasteiger partial charge in [0.1, 0.15) is 24.7 Å². The van der Waals surface area contributed by atoms with Crippen molar-refractivity contribution in [2.75, 3.05) is 0 Å². The van der Waals surface area contributed by atoms with Gasteiger partial charge >= 0.3 is 0 Å². The average Bonchev–Trinajstić information content (AvgIpc) is 2.76. The Bertz CT molecular complexity index is 912. The smallest absolute Gasteiger partial charge is 0.269 e. The highest BCUT2D eigenvalue weighted by atomic mass is 16.5. The summed E-state index contributed by atoms with van der Waals surface area (Å²) in [6.07, 6.45) is 0.646. The molecular formula is C23H24N2O3. The molecule has 0 atom stereocenters. The SMILES string of the molecule is CCc1cc(OCc2ccccc2)cc(OCc2ccccc2)c1C(=O)NN. The van der Waals surface area contributed by atoms with Gasteiger partial charge in [-0.1, -0.05) is 67.6 Å². The lowest BCUT2D eigenvalue weighted by Crippen LogP contribution is -2.31. The van der Waals surface area contributed by atoms with Crippen molar-refractivity contribution in [2.45, 2.75) is 26.6 Å². The van der Waals surface area contributed by atoms with E-state index in [4.69, 9.17) is 15.3 Å². The van der Waals surface area contributed by atoms with Crippen LogP contribution in [0.15, 0.2) is 72.8 Å². The molecule has 0 saturated carbocycles. The fourth-order valence-corrected chi connectivity index (χ4v) is 2.93. The minimum absolute atomic E-state index is 0.344. The summed E-state index contributed by atoms with van der Waals surface area (Å²) in [5, 5.41) is 0. The van der Waals surface area contributed by atoms with Crippen molar-refractivity contribution in [3.05, 3.63) is 95.1 Å². The molecule has 0 fully saturated rings. The number of nitrogens with two attached hydrogens (primary N) is 1. The van der Waals surface area contributed by atoms with E-state index in [0.29, 0.717) is 36.7 Å². The van der Waals surface area contributed by atoms with Gasteiger partial charge in [-0.25, -0.2) is 5.84 Å². The quantitative estimate of drug-likeness (QED) is 0.354. The normalized spacial score (nSPS) is 10.4. The van der Waals surface area contributed by atoms with Crippen LogP contribution in [0.5, 0.6) is 11.5 Å². The molecule has 144 valence electrons. The Labute approximate surface area is 165 Å². The largest absolute Gasteiger partial charge is 0.489 e. The molecule has 3 aromatic rings. The van der Waals surface area contributed by atoms with Crippen molar-refractivity contribution < 1.29 is 14.3 Å². The van der Waals surface area contributed by atoms with Crippen LogP contribution >= 0.6 is 0 Å². The Morgan fingerprint density at radius 2 is 1.46 bits per heavy atom. The molecule has 0 bridgehead atoms. The summed E-state index contributed by atoms with van der Waals surface area (Å²) in [7, 11) is 0. The molecule has 5 nitrogen and oxygen atoms in total. The van der Waals surface area contributed by atoms with Crippen LogP contribution in [0.4, 0.5) is 0 Å². The van der Waals surface area contributed by atoms with Crippen LogP contribution in [-0.4, -0.2) is 5.91 Å². The van der Waals surface area contributed by atoms with E-state index in [1.54, 1.807) is 6.07 Å². The second kappa shape index (κ2) is 9.58. The molecule has 3 rings (SSSR count). The standard InChI is InChI=1S/C23H24N2O3/c1-2-19-13-20(27-15-17-9-5-3-6-10-17)14-21(22(19)23(26)25-24)28-16-18-11-7-4-8-12-18/h3-14H,2,15-16,24H2,1H3,(H,25,26). The topological polar surface area (TPSA) is 73.6 Å². The van der Waals surface area contributed by atoms with Crippen LogP contribution in [-0.2, 0) is 19.6 Å². The number of amides is 1. The number of hydrazine groups is 1. The van der Waals surface area contributed by atoms with Gasteiger partial charge in [-0.2, -0.15) is 0 Å². The number of nitrogens with one attached hydrogen (secondary N) is 1. The maximum absolute atomic E-state index is 12.4. The molecule has 0 aromatic heterocycles. The lowest BCUT2D eigenvalue weighted by Gasteiger charge is -2.17. The molecular weight excluding hydrogens is 352 g/mol. The number of ether oxygens (including phenoxy) is 2. The Balaban J connectivity index is 1.87. The number of carbonyl (C=O) groups excluding carboxylic acids is 1.